The topological polar surface area (TPSA) is 37.3 Å². The molecule has 0 spiro atoms. The average Bonchev–Trinajstić information content (AvgIpc) is 2.80. The molecule has 0 saturated heterocycles. The van der Waals surface area contributed by atoms with Gasteiger partial charge in [-0.3, -0.25) is 4.79 Å². The van der Waals surface area contributed by atoms with Crippen molar-refractivity contribution in [1.82, 2.24) is 0 Å². The first kappa shape index (κ1) is 12.9. The molecule has 1 aliphatic carbocycles. The second kappa shape index (κ2) is 3.73. The fraction of sp³-hybridized carbons (Fsp3) is 0.462. The predicted octanol–water partition coefficient (Wildman–Crippen LogP) is 3.53. The summed E-state index contributed by atoms with van der Waals surface area (Å²) in [6, 6.07) is 4.75. The second-order valence-corrected chi connectivity index (χ2v) is 5.23. The highest BCUT2D eigenvalue weighted by Gasteiger charge is 2.62. The summed E-state index contributed by atoms with van der Waals surface area (Å²) in [5.74, 6) is -1.63. The Kier molecular flexibility index (Phi) is 2.68. The summed E-state index contributed by atoms with van der Waals surface area (Å²) in [4.78, 5) is 11.0. The molecule has 1 N–H and O–H groups in total. The van der Waals surface area contributed by atoms with Crippen molar-refractivity contribution < 1.29 is 23.1 Å². The van der Waals surface area contributed by atoms with E-state index in [1.165, 1.54) is 12.1 Å². The zero-order chi connectivity index (χ0) is 13.7. The number of benzene rings is 1. The largest absolute Gasteiger partial charge is 0.481 e. The molecule has 98 valence electrons. The number of halogens is 3. The van der Waals surface area contributed by atoms with E-state index in [4.69, 9.17) is 5.11 Å². The number of aliphatic carboxylic acids is 1. The van der Waals surface area contributed by atoms with E-state index in [1.54, 1.807) is 0 Å². The summed E-state index contributed by atoms with van der Waals surface area (Å²) in [6.45, 7) is 3.63. The Hall–Kier alpha value is -1.52. The van der Waals surface area contributed by atoms with Crippen molar-refractivity contribution in [1.29, 1.82) is 0 Å². The van der Waals surface area contributed by atoms with E-state index in [-0.39, 0.29) is 5.92 Å². The predicted molar refractivity (Wildman–Crippen MR) is 59.1 cm³/mol. The number of alkyl halides is 3. The van der Waals surface area contributed by atoms with E-state index in [0.717, 1.165) is 12.1 Å². The number of hydrogen-bond acceptors (Lipinski definition) is 1. The van der Waals surface area contributed by atoms with Crippen LogP contribution < -0.4 is 0 Å². The molecule has 0 amide bonds. The van der Waals surface area contributed by atoms with Crippen molar-refractivity contribution >= 4 is 5.97 Å². The van der Waals surface area contributed by atoms with Gasteiger partial charge in [-0.2, -0.15) is 13.2 Å². The second-order valence-electron chi connectivity index (χ2n) is 5.23. The highest BCUT2D eigenvalue weighted by Crippen LogP contribution is 2.64. The van der Waals surface area contributed by atoms with Crippen LogP contribution in [0.4, 0.5) is 13.2 Å². The molecular formula is C13H13F3O2. The van der Waals surface area contributed by atoms with Crippen molar-refractivity contribution in [3.63, 3.8) is 0 Å². The third-order valence-corrected chi connectivity index (χ3v) is 3.69. The Morgan fingerprint density at radius 1 is 1.22 bits per heavy atom. The smallest absolute Gasteiger partial charge is 0.416 e. The third-order valence-electron chi connectivity index (χ3n) is 3.69. The molecule has 1 saturated carbocycles. The molecule has 2 atom stereocenters. The van der Waals surface area contributed by atoms with E-state index in [0.29, 0.717) is 5.56 Å². The molecule has 2 nitrogen and oxygen atoms in total. The van der Waals surface area contributed by atoms with Crippen LogP contribution in [0.5, 0.6) is 0 Å². The van der Waals surface area contributed by atoms with Crippen molar-refractivity contribution in [2.24, 2.45) is 11.3 Å². The Morgan fingerprint density at radius 3 is 2.06 bits per heavy atom. The summed E-state index contributed by atoms with van der Waals surface area (Å²) in [6.07, 6.45) is -4.36. The van der Waals surface area contributed by atoms with Crippen LogP contribution >= 0.6 is 0 Å². The lowest BCUT2D eigenvalue weighted by Gasteiger charge is -2.08. The average molecular weight is 258 g/mol. The van der Waals surface area contributed by atoms with Crippen molar-refractivity contribution in [2.45, 2.75) is 25.9 Å². The first-order chi connectivity index (χ1) is 8.15. The van der Waals surface area contributed by atoms with Gasteiger partial charge < -0.3 is 5.11 Å². The van der Waals surface area contributed by atoms with Gasteiger partial charge in [-0.15, -0.1) is 0 Å². The summed E-state index contributed by atoms with van der Waals surface area (Å²) >= 11 is 0. The summed E-state index contributed by atoms with van der Waals surface area (Å²) in [5, 5.41) is 9.02. The van der Waals surface area contributed by atoms with Crippen LogP contribution in [0.1, 0.15) is 30.9 Å². The van der Waals surface area contributed by atoms with Gasteiger partial charge in [0.05, 0.1) is 11.5 Å². The maximum atomic E-state index is 12.4. The van der Waals surface area contributed by atoms with Crippen molar-refractivity contribution in [2.75, 3.05) is 0 Å². The molecule has 0 unspecified atom stereocenters. The first-order valence-corrected chi connectivity index (χ1v) is 5.55. The normalized spacial score (nSPS) is 25.8. The minimum absolute atomic E-state index is 0.211. The van der Waals surface area contributed by atoms with Crippen LogP contribution in [-0.4, -0.2) is 11.1 Å². The monoisotopic (exact) mass is 258 g/mol. The summed E-state index contributed by atoms with van der Waals surface area (Å²) < 4.78 is 37.2. The molecule has 1 aromatic carbocycles. The molecule has 0 radical (unpaired) electrons. The lowest BCUT2D eigenvalue weighted by molar-refractivity contribution is -0.139. The molecule has 0 heterocycles. The quantitative estimate of drug-likeness (QED) is 0.881. The lowest BCUT2D eigenvalue weighted by Crippen LogP contribution is -2.04. The van der Waals surface area contributed by atoms with E-state index < -0.39 is 29.0 Å². The van der Waals surface area contributed by atoms with Crippen LogP contribution in [0.25, 0.3) is 0 Å². The number of hydrogen-bond donors (Lipinski definition) is 1. The Labute approximate surface area is 102 Å². The van der Waals surface area contributed by atoms with Gasteiger partial charge in [0.1, 0.15) is 0 Å². The fourth-order valence-corrected chi connectivity index (χ4v) is 2.60. The highest BCUT2D eigenvalue weighted by molar-refractivity contribution is 5.77. The van der Waals surface area contributed by atoms with Crippen molar-refractivity contribution in [3.8, 4) is 0 Å². The number of carboxylic acid groups (broad SMARTS) is 1. The Morgan fingerprint density at radius 2 is 1.72 bits per heavy atom. The fourth-order valence-electron chi connectivity index (χ4n) is 2.60. The number of rotatable bonds is 2. The molecule has 5 heteroatoms. The van der Waals surface area contributed by atoms with Gasteiger partial charge in [0.15, 0.2) is 0 Å². The Bertz CT molecular complexity index is 474. The highest BCUT2D eigenvalue weighted by atomic mass is 19.4. The van der Waals surface area contributed by atoms with Gasteiger partial charge in [-0.05, 0) is 23.1 Å². The van der Waals surface area contributed by atoms with E-state index in [2.05, 4.69) is 0 Å². The molecule has 2 rings (SSSR count). The van der Waals surface area contributed by atoms with Crippen molar-refractivity contribution in [3.05, 3.63) is 35.4 Å². The first-order valence-electron chi connectivity index (χ1n) is 5.55. The molecule has 0 bridgehead atoms. The maximum absolute atomic E-state index is 12.4. The number of carbonyl (C=O) groups is 1. The van der Waals surface area contributed by atoms with Crippen LogP contribution in [0.2, 0.25) is 0 Å². The standard InChI is InChI=1S/C13H13F3O2/c1-12(2)9(10(12)11(17)18)7-3-5-8(6-4-7)13(14,15)16/h3-6,9-10H,1-2H3,(H,17,18)/t9-,10+/m1/s1. The van der Waals surface area contributed by atoms with Crippen LogP contribution in [0, 0.1) is 11.3 Å². The van der Waals surface area contributed by atoms with Gasteiger partial charge >= 0.3 is 12.1 Å². The maximum Gasteiger partial charge on any atom is 0.416 e. The van der Waals surface area contributed by atoms with Gasteiger partial charge in [-0.25, -0.2) is 0 Å². The van der Waals surface area contributed by atoms with E-state index >= 15 is 0 Å². The number of carboxylic acids is 1. The molecule has 1 fully saturated rings. The van der Waals surface area contributed by atoms with Crippen LogP contribution in [-0.2, 0) is 11.0 Å². The van der Waals surface area contributed by atoms with Gasteiger partial charge in [0, 0.05) is 5.92 Å². The molecule has 18 heavy (non-hydrogen) atoms. The van der Waals surface area contributed by atoms with Crippen LogP contribution in [0.15, 0.2) is 24.3 Å². The minimum Gasteiger partial charge on any atom is -0.481 e. The minimum atomic E-state index is -4.36. The molecule has 0 aromatic heterocycles. The van der Waals surface area contributed by atoms with Gasteiger partial charge in [0.25, 0.3) is 0 Å². The molecule has 1 aromatic rings. The molecular weight excluding hydrogens is 245 g/mol. The van der Waals surface area contributed by atoms with Gasteiger partial charge in [0.2, 0.25) is 0 Å². The summed E-state index contributed by atoms with van der Waals surface area (Å²) in [7, 11) is 0. The zero-order valence-corrected chi connectivity index (χ0v) is 9.95. The summed E-state index contributed by atoms with van der Waals surface area (Å²) in [5.41, 5.74) is -0.456. The zero-order valence-electron chi connectivity index (χ0n) is 9.95. The van der Waals surface area contributed by atoms with E-state index in [9.17, 15) is 18.0 Å². The van der Waals surface area contributed by atoms with Gasteiger partial charge in [-0.1, -0.05) is 26.0 Å². The molecule has 1 aliphatic rings. The lowest BCUT2D eigenvalue weighted by atomic mass is 10.0. The van der Waals surface area contributed by atoms with E-state index in [1.807, 2.05) is 13.8 Å². The SMILES string of the molecule is CC1(C)[C@H](C(=O)O)[C@H]1c1ccc(C(F)(F)F)cc1. The molecule has 0 aliphatic heterocycles. The third kappa shape index (κ3) is 1.98. The Balaban J connectivity index is 2.25. The van der Waals surface area contributed by atoms with Crippen LogP contribution in [0.3, 0.4) is 0 Å².